The van der Waals surface area contributed by atoms with Crippen molar-refractivity contribution in [2.45, 2.75) is 26.5 Å². The number of aromatic nitrogens is 1. The second-order valence-electron chi connectivity index (χ2n) is 5.19. The highest BCUT2D eigenvalue weighted by molar-refractivity contribution is 5.82. The van der Waals surface area contributed by atoms with E-state index in [1.54, 1.807) is 0 Å². The summed E-state index contributed by atoms with van der Waals surface area (Å²) in [7, 11) is 1.49. The zero-order valence-corrected chi connectivity index (χ0v) is 13.0. The molecule has 0 fully saturated rings. The zero-order chi connectivity index (χ0) is 16.1. The van der Waals surface area contributed by atoms with Crippen LogP contribution < -0.4 is 10.9 Å². The minimum atomic E-state index is -0.689. The lowest BCUT2D eigenvalue weighted by Crippen LogP contribution is -2.32. The molecule has 0 aliphatic rings. The molecule has 0 unspecified atom stereocenters. The van der Waals surface area contributed by atoms with Crippen molar-refractivity contribution in [3.63, 3.8) is 0 Å². The summed E-state index contributed by atoms with van der Waals surface area (Å²) in [5.74, 6) is -0.270. The third kappa shape index (κ3) is 3.62. The largest absolute Gasteiger partial charge is 0.367 e. The van der Waals surface area contributed by atoms with Gasteiger partial charge in [-0.25, -0.2) is 0 Å². The van der Waals surface area contributed by atoms with E-state index >= 15 is 0 Å². The van der Waals surface area contributed by atoms with E-state index in [1.165, 1.54) is 7.11 Å². The molecule has 2 N–H and O–H groups in total. The molecule has 0 saturated carbocycles. The number of aromatic amines is 1. The molecular formula is C17H20N2O3. The van der Waals surface area contributed by atoms with Crippen molar-refractivity contribution in [2.75, 3.05) is 7.11 Å². The number of hydrogen-bond acceptors (Lipinski definition) is 3. The molecule has 1 heterocycles. The van der Waals surface area contributed by atoms with Crippen LogP contribution in [-0.4, -0.2) is 18.0 Å². The fraction of sp³-hybridized carbons (Fsp3) is 0.294. The third-order valence-electron chi connectivity index (χ3n) is 3.51. The third-order valence-corrected chi connectivity index (χ3v) is 3.51. The van der Waals surface area contributed by atoms with E-state index in [0.29, 0.717) is 5.56 Å². The first kappa shape index (κ1) is 16.0. The Labute approximate surface area is 129 Å². The van der Waals surface area contributed by atoms with Crippen LogP contribution in [0.3, 0.4) is 0 Å². The lowest BCUT2D eigenvalue weighted by atomic mass is 10.1. The van der Waals surface area contributed by atoms with Gasteiger partial charge in [0.25, 0.3) is 11.5 Å². The van der Waals surface area contributed by atoms with Crippen LogP contribution in [-0.2, 0) is 16.1 Å². The molecule has 0 aliphatic heterocycles. The van der Waals surface area contributed by atoms with Crippen molar-refractivity contribution < 1.29 is 9.53 Å². The first-order chi connectivity index (χ1) is 10.5. The summed E-state index contributed by atoms with van der Waals surface area (Å²) in [5, 5.41) is 2.77. The van der Waals surface area contributed by atoms with E-state index in [9.17, 15) is 9.59 Å². The Bertz CT molecular complexity index is 708. The van der Waals surface area contributed by atoms with E-state index in [0.717, 1.165) is 16.8 Å². The minimum absolute atomic E-state index is 0.174. The number of methoxy groups -OCH3 is 1. The smallest absolute Gasteiger partial charge is 0.254 e. The van der Waals surface area contributed by atoms with Crippen molar-refractivity contribution in [1.29, 1.82) is 0 Å². The summed E-state index contributed by atoms with van der Waals surface area (Å²) in [6.07, 6.45) is -0.689. The average molecular weight is 300 g/mol. The van der Waals surface area contributed by atoms with E-state index in [4.69, 9.17) is 4.74 Å². The Morgan fingerprint density at radius 1 is 1.27 bits per heavy atom. The number of ether oxygens (including phenoxy) is 1. The molecule has 1 atom stereocenters. The van der Waals surface area contributed by atoms with Crippen LogP contribution in [0.4, 0.5) is 0 Å². The topological polar surface area (TPSA) is 71.2 Å². The molecule has 0 aliphatic carbocycles. The highest BCUT2D eigenvalue weighted by Gasteiger charge is 2.20. The van der Waals surface area contributed by atoms with Crippen molar-refractivity contribution in [1.82, 2.24) is 10.3 Å². The van der Waals surface area contributed by atoms with E-state index in [1.807, 2.05) is 50.2 Å². The van der Waals surface area contributed by atoms with Gasteiger partial charge in [0.2, 0.25) is 0 Å². The summed E-state index contributed by atoms with van der Waals surface area (Å²) >= 11 is 0. The second kappa shape index (κ2) is 7.04. The van der Waals surface area contributed by atoms with Gasteiger partial charge >= 0.3 is 0 Å². The van der Waals surface area contributed by atoms with Crippen LogP contribution in [0.2, 0.25) is 0 Å². The molecule has 22 heavy (non-hydrogen) atoms. The first-order valence-corrected chi connectivity index (χ1v) is 7.07. The van der Waals surface area contributed by atoms with Crippen molar-refractivity contribution in [2.24, 2.45) is 0 Å². The van der Waals surface area contributed by atoms with Crippen molar-refractivity contribution in [3.05, 3.63) is 69.1 Å². The van der Waals surface area contributed by atoms with Crippen molar-refractivity contribution in [3.8, 4) is 0 Å². The molecule has 116 valence electrons. The predicted molar refractivity (Wildman–Crippen MR) is 84.6 cm³/mol. The van der Waals surface area contributed by atoms with Crippen LogP contribution in [0, 0.1) is 13.8 Å². The minimum Gasteiger partial charge on any atom is -0.367 e. The maximum absolute atomic E-state index is 12.3. The average Bonchev–Trinajstić information content (AvgIpc) is 2.48. The van der Waals surface area contributed by atoms with Gasteiger partial charge in [0.05, 0.1) is 0 Å². The molecule has 0 radical (unpaired) electrons. The molecule has 2 aromatic rings. The fourth-order valence-electron chi connectivity index (χ4n) is 2.39. The van der Waals surface area contributed by atoms with Crippen molar-refractivity contribution >= 4 is 5.91 Å². The quantitative estimate of drug-likeness (QED) is 0.887. The molecule has 0 saturated heterocycles. The van der Waals surface area contributed by atoms with Gasteiger partial charge in [0.15, 0.2) is 6.10 Å². The summed E-state index contributed by atoms with van der Waals surface area (Å²) in [6, 6.07) is 11.1. The van der Waals surface area contributed by atoms with Crippen LogP contribution in [0.1, 0.15) is 28.5 Å². The SMILES string of the molecule is CO[C@H](C(=O)NCc1c(C)cc(C)[nH]c1=O)c1ccccc1. The number of nitrogens with one attached hydrogen (secondary N) is 2. The van der Waals surface area contributed by atoms with Gasteiger partial charge in [-0.2, -0.15) is 0 Å². The molecular weight excluding hydrogens is 280 g/mol. The summed E-state index contributed by atoms with van der Waals surface area (Å²) < 4.78 is 5.27. The highest BCUT2D eigenvalue weighted by atomic mass is 16.5. The lowest BCUT2D eigenvalue weighted by molar-refractivity contribution is -0.131. The number of carbonyl (C=O) groups excluding carboxylic acids is 1. The van der Waals surface area contributed by atoms with Gasteiger partial charge in [-0.15, -0.1) is 0 Å². The number of carbonyl (C=O) groups is 1. The Morgan fingerprint density at radius 2 is 1.95 bits per heavy atom. The summed E-state index contributed by atoms with van der Waals surface area (Å²) in [5.41, 5.74) is 2.82. The Hall–Kier alpha value is -2.40. The molecule has 5 nitrogen and oxygen atoms in total. The standard InChI is InChI=1S/C17H20N2O3/c1-11-9-12(2)19-16(20)14(11)10-18-17(21)15(22-3)13-7-5-4-6-8-13/h4-9,15H,10H2,1-3H3,(H,18,21)(H,19,20)/t15-/m0/s1. The second-order valence-corrected chi connectivity index (χ2v) is 5.19. The van der Waals surface area contributed by atoms with E-state index in [2.05, 4.69) is 10.3 Å². The van der Waals surface area contributed by atoms with Gasteiger partial charge in [0, 0.05) is 24.9 Å². The van der Waals surface area contributed by atoms with Crippen LogP contribution in [0.25, 0.3) is 0 Å². The Kier molecular flexibility index (Phi) is 5.12. The maximum Gasteiger partial charge on any atom is 0.254 e. The monoisotopic (exact) mass is 300 g/mol. The number of rotatable bonds is 5. The van der Waals surface area contributed by atoms with E-state index < -0.39 is 6.10 Å². The molecule has 5 heteroatoms. The molecule has 1 aromatic carbocycles. The van der Waals surface area contributed by atoms with Gasteiger partial charge in [-0.05, 0) is 31.0 Å². The van der Waals surface area contributed by atoms with E-state index in [-0.39, 0.29) is 18.0 Å². The molecule has 1 amide bonds. The number of benzene rings is 1. The molecule has 2 rings (SSSR count). The van der Waals surface area contributed by atoms with Gasteiger partial charge in [-0.3, -0.25) is 9.59 Å². The van der Waals surface area contributed by atoms with Crippen LogP contribution in [0.5, 0.6) is 0 Å². The van der Waals surface area contributed by atoms with Gasteiger partial charge in [-0.1, -0.05) is 30.3 Å². The number of hydrogen-bond donors (Lipinski definition) is 2. The molecule has 0 spiro atoms. The zero-order valence-electron chi connectivity index (χ0n) is 13.0. The van der Waals surface area contributed by atoms with Crippen LogP contribution in [0.15, 0.2) is 41.2 Å². The lowest BCUT2D eigenvalue weighted by Gasteiger charge is -2.16. The van der Waals surface area contributed by atoms with Crippen LogP contribution >= 0.6 is 0 Å². The maximum atomic E-state index is 12.3. The normalized spacial score (nSPS) is 12.0. The van der Waals surface area contributed by atoms with Gasteiger partial charge < -0.3 is 15.0 Å². The summed E-state index contributed by atoms with van der Waals surface area (Å²) in [6.45, 7) is 3.86. The predicted octanol–water partition coefficient (Wildman–Crippen LogP) is 2.00. The summed E-state index contributed by atoms with van der Waals surface area (Å²) in [4.78, 5) is 27.0. The number of pyridine rings is 1. The van der Waals surface area contributed by atoms with Gasteiger partial charge in [0.1, 0.15) is 0 Å². The number of aryl methyl sites for hydroxylation is 2. The Balaban J connectivity index is 2.11. The first-order valence-electron chi connectivity index (χ1n) is 7.07. The number of amides is 1. The fourth-order valence-corrected chi connectivity index (χ4v) is 2.39. The molecule has 1 aromatic heterocycles. The molecule has 0 bridgehead atoms. The number of H-pyrrole nitrogens is 1. The highest BCUT2D eigenvalue weighted by Crippen LogP contribution is 2.16. The Morgan fingerprint density at radius 3 is 2.55 bits per heavy atom.